The number of aliphatic hydroxyl groups is 1. The Morgan fingerprint density at radius 2 is 1.65 bits per heavy atom. The van der Waals surface area contributed by atoms with Gasteiger partial charge in [0, 0.05) is 13.7 Å². The van der Waals surface area contributed by atoms with Crippen LogP contribution in [-0.2, 0) is 4.74 Å². The average Bonchev–Trinajstić information content (AvgIpc) is 2.28. The summed E-state index contributed by atoms with van der Waals surface area (Å²) in [7, 11) is 1.81. The largest absolute Gasteiger partial charge is 0.396 e. The lowest BCUT2D eigenvalue weighted by molar-refractivity contribution is -0.0578. The summed E-state index contributed by atoms with van der Waals surface area (Å²) in [4.78, 5) is 0. The summed E-state index contributed by atoms with van der Waals surface area (Å²) in [5.41, 5.74) is 0.117. The van der Waals surface area contributed by atoms with Gasteiger partial charge in [-0.25, -0.2) is 0 Å². The molecule has 0 aliphatic rings. The van der Waals surface area contributed by atoms with Crippen LogP contribution in [-0.4, -0.2) is 24.4 Å². The first-order valence-electron chi connectivity index (χ1n) is 7.03. The van der Waals surface area contributed by atoms with Gasteiger partial charge in [-0.3, -0.25) is 0 Å². The molecule has 0 spiro atoms. The Morgan fingerprint density at radius 3 is 2.00 bits per heavy atom. The van der Waals surface area contributed by atoms with E-state index < -0.39 is 0 Å². The maximum Gasteiger partial charge on any atom is 0.0656 e. The highest BCUT2D eigenvalue weighted by Gasteiger charge is 2.37. The summed E-state index contributed by atoms with van der Waals surface area (Å²) in [5.74, 6) is 0.328. The summed E-state index contributed by atoms with van der Waals surface area (Å²) in [5, 5.41) is 9.46. The van der Waals surface area contributed by atoms with Gasteiger partial charge in [0.05, 0.1) is 5.60 Å². The minimum absolute atomic E-state index is 0.0535. The monoisotopic (exact) mass is 244 g/mol. The van der Waals surface area contributed by atoms with Crippen LogP contribution in [0.3, 0.4) is 0 Å². The zero-order chi connectivity index (χ0) is 13.5. The fourth-order valence-electron chi connectivity index (χ4n) is 2.95. The minimum Gasteiger partial charge on any atom is -0.396 e. The molecule has 2 heteroatoms. The third kappa shape index (κ3) is 4.97. The van der Waals surface area contributed by atoms with Crippen molar-refractivity contribution in [1.82, 2.24) is 0 Å². The first-order valence-corrected chi connectivity index (χ1v) is 7.03. The number of aliphatic hydroxyl groups excluding tert-OH is 1. The molecule has 0 fully saturated rings. The zero-order valence-corrected chi connectivity index (χ0v) is 12.7. The van der Waals surface area contributed by atoms with Crippen LogP contribution in [0, 0.1) is 11.3 Å². The molecule has 0 saturated carbocycles. The van der Waals surface area contributed by atoms with E-state index in [-0.39, 0.29) is 17.6 Å². The molecule has 0 aromatic carbocycles. The van der Waals surface area contributed by atoms with Gasteiger partial charge in [-0.05, 0) is 37.5 Å². The predicted molar refractivity (Wildman–Crippen MR) is 74.2 cm³/mol. The molecule has 0 saturated heterocycles. The van der Waals surface area contributed by atoms with E-state index in [0.717, 1.165) is 32.1 Å². The molecule has 0 aromatic rings. The molecule has 0 radical (unpaired) electrons. The minimum atomic E-state index is -0.0535. The molecule has 0 aliphatic carbocycles. The van der Waals surface area contributed by atoms with E-state index in [1.807, 2.05) is 7.11 Å². The first kappa shape index (κ1) is 16.9. The van der Waals surface area contributed by atoms with Gasteiger partial charge in [-0.15, -0.1) is 0 Å². The van der Waals surface area contributed by atoms with Gasteiger partial charge in [-0.2, -0.15) is 0 Å². The molecule has 0 aliphatic heterocycles. The number of hydrogen-bond donors (Lipinski definition) is 1. The summed E-state index contributed by atoms with van der Waals surface area (Å²) < 4.78 is 5.73. The maximum absolute atomic E-state index is 9.46. The number of rotatable bonds is 9. The fourth-order valence-corrected chi connectivity index (χ4v) is 2.95. The van der Waals surface area contributed by atoms with E-state index in [9.17, 15) is 5.11 Å². The van der Waals surface area contributed by atoms with Gasteiger partial charge in [0.25, 0.3) is 0 Å². The second-order valence-corrected chi connectivity index (χ2v) is 6.07. The summed E-state index contributed by atoms with van der Waals surface area (Å²) in [6.45, 7) is 11.3. The van der Waals surface area contributed by atoms with Gasteiger partial charge in [0.15, 0.2) is 0 Å². The lowest BCUT2D eigenvalue weighted by atomic mass is 9.68. The molecule has 17 heavy (non-hydrogen) atoms. The Bertz CT molecular complexity index is 205. The Labute approximate surface area is 108 Å². The molecule has 0 heterocycles. The molecule has 1 N–H and O–H groups in total. The molecule has 0 amide bonds. The van der Waals surface area contributed by atoms with Crippen molar-refractivity contribution in [3.05, 3.63) is 0 Å². The van der Waals surface area contributed by atoms with E-state index in [4.69, 9.17) is 4.74 Å². The third-order valence-corrected chi connectivity index (χ3v) is 4.33. The highest BCUT2D eigenvalue weighted by atomic mass is 16.5. The topological polar surface area (TPSA) is 29.5 Å². The molecule has 2 nitrogen and oxygen atoms in total. The van der Waals surface area contributed by atoms with Crippen LogP contribution in [0.4, 0.5) is 0 Å². The molecule has 0 bridgehead atoms. The molecule has 0 rings (SSSR count). The van der Waals surface area contributed by atoms with E-state index in [1.165, 1.54) is 0 Å². The van der Waals surface area contributed by atoms with Crippen LogP contribution < -0.4 is 0 Å². The van der Waals surface area contributed by atoms with Crippen molar-refractivity contribution in [2.45, 2.75) is 72.3 Å². The second-order valence-electron chi connectivity index (χ2n) is 6.07. The zero-order valence-electron chi connectivity index (χ0n) is 12.7. The van der Waals surface area contributed by atoms with Crippen LogP contribution in [0.2, 0.25) is 0 Å². The van der Waals surface area contributed by atoms with Crippen molar-refractivity contribution in [3.63, 3.8) is 0 Å². The predicted octanol–water partition coefficient (Wildman–Crippen LogP) is 4.02. The Balaban J connectivity index is 4.82. The van der Waals surface area contributed by atoms with Crippen LogP contribution in [0.25, 0.3) is 0 Å². The standard InChI is InChI=1S/C15H32O2/c1-7-9-14(4,13(3)11-16)12-15(5,17-6)10-8-2/h13,16H,7-12H2,1-6H3. The van der Waals surface area contributed by atoms with E-state index in [2.05, 4.69) is 34.6 Å². The summed E-state index contributed by atoms with van der Waals surface area (Å²) in [6.07, 6.45) is 5.56. The highest BCUT2D eigenvalue weighted by molar-refractivity contribution is 4.88. The molecule has 3 atom stereocenters. The highest BCUT2D eigenvalue weighted by Crippen LogP contribution is 2.42. The molecule has 3 unspecified atom stereocenters. The average molecular weight is 244 g/mol. The Kier molecular flexibility index (Phi) is 7.34. The van der Waals surface area contributed by atoms with Gasteiger partial charge in [0.1, 0.15) is 0 Å². The lowest BCUT2D eigenvalue weighted by Gasteiger charge is -2.42. The Morgan fingerprint density at radius 1 is 1.12 bits per heavy atom. The van der Waals surface area contributed by atoms with Crippen molar-refractivity contribution in [1.29, 1.82) is 0 Å². The third-order valence-electron chi connectivity index (χ3n) is 4.33. The SMILES string of the molecule is CCCC(C)(CC(C)(CCC)C(C)CO)OC. The fraction of sp³-hybridized carbons (Fsp3) is 1.00. The number of methoxy groups -OCH3 is 1. The molecular formula is C15H32O2. The quantitative estimate of drug-likeness (QED) is 0.664. The molecule has 104 valence electrons. The van der Waals surface area contributed by atoms with Crippen LogP contribution in [0.5, 0.6) is 0 Å². The van der Waals surface area contributed by atoms with Crippen LogP contribution >= 0.6 is 0 Å². The van der Waals surface area contributed by atoms with Gasteiger partial charge < -0.3 is 9.84 Å². The second kappa shape index (κ2) is 7.38. The first-order chi connectivity index (χ1) is 7.87. The van der Waals surface area contributed by atoms with Gasteiger partial charge in [-0.1, -0.05) is 40.5 Å². The van der Waals surface area contributed by atoms with E-state index >= 15 is 0 Å². The number of hydrogen-bond acceptors (Lipinski definition) is 2. The maximum atomic E-state index is 9.46. The van der Waals surface area contributed by atoms with E-state index in [0.29, 0.717) is 5.92 Å². The normalized spacial score (nSPS) is 20.6. The Hall–Kier alpha value is -0.0800. The number of ether oxygens (including phenoxy) is 1. The summed E-state index contributed by atoms with van der Waals surface area (Å²) in [6, 6.07) is 0. The van der Waals surface area contributed by atoms with Crippen LogP contribution in [0.1, 0.15) is 66.7 Å². The van der Waals surface area contributed by atoms with Crippen molar-refractivity contribution >= 4 is 0 Å². The summed E-state index contributed by atoms with van der Waals surface area (Å²) >= 11 is 0. The lowest BCUT2D eigenvalue weighted by Crippen LogP contribution is -2.39. The van der Waals surface area contributed by atoms with Crippen molar-refractivity contribution in [2.75, 3.05) is 13.7 Å². The molecular weight excluding hydrogens is 212 g/mol. The van der Waals surface area contributed by atoms with Crippen molar-refractivity contribution in [2.24, 2.45) is 11.3 Å². The van der Waals surface area contributed by atoms with Crippen LogP contribution in [0.15, 0.2) is 0 Å². The van der Waals surface area contributed by atoms with Gasteiger partial charge in [0.2, 0.25) is 0 Å². The van der Waals surface area contributed by atoms with Crippen molar-refractivity contribution < 1.29 is 9.84 Å². The van der Waals surface area contributed by atoms with E-state index in [1.54, 1.807) is 0 Å². The van der Waals surface area contributed by atoms with Gasteiger partial charge >= 0.3 is 0 Å². The van der Waals surface area contributed by atoms with Crippen molar-refractivity contribution in [3.8, 4) is 0 Å². The molecule has 0 aromatic heterocycles. The smallest absolute Gasteiger partial charge is 0.0656 e.